The molecule has 2 aliphatic rings. The Morgan fingerprint density at radius 3 is 2.71 bits per heavy atom. The Morgan fingerprint density at radius 1 is 1.10 bits per heavy atom. The smallest absolute Gasteiger partial charge is 0.226 e. The summed E-state index contributed by atoms with van der Waals surface area (Å²) in [5, 5.41) is 3.46. The highest BCUT2D eigenvalue weighted by Crippen LogP contribution is 2.58. The first-order valence-corrected chi connectivity index (χ1v) is 7.64. The predicted octanol–water partition coefficient (Wildman–Crippen LogP) is 4.01. The van der Waals surface area contributed by atoms with Crippen molar-refractivity contribution in [2.45, 2.75) is 38.1 Å². The van der Waals surface area contributed by atoms with Crippen molar-refractivity contribution in [3.63, 3.8) is 0 Å². The molecule has 1 atom stereocenters. The molecule has 0 bridgehead atoms. The number of anilines is 1. The molecular weight excluding hydrogens is 262 g/mol. The molecule has 4 heteroatoms. The van der Waals surface area contributed by atoms with E-state index in [1.54, 1.807) is 12.3 Å². The molecule has 1 aromatic heterocycles. The van der Waals surface area contributed by atoms with Crippen LogP contribution in [0, 0.1) is 5.41 Å². The van der Waals surface area contributed by atoms with Crippen molar-refractivity contribution in [1.29, 1.82) is 0 Å². The van der Waals surface area contributed by atoms with Gasteiger partial charge in [0.25, 0.3) is 0 Å². The van der Waals surface area contributed by atoms with E-state index in [1.807, 2.05) is 30.3 Å². The zero-order valence-corrected chi connectivity index (χ0v) is 12.0. The SMILES string of the molecule is c1ccc(Oc2ccnc(NC3CCC4(CC4)C3)n2)cc1. The molecule has 2 aromatic rings. The van der Waals surface area contributed by atoms with Crippen LogP contribution in [0.15, 0.2) is 42.6 Å². The van der Waals surface area contributed by atoms with Gasteiger partial charge in [-0.25, -0.2) is 4.98 Å². The summed E-state index contributed by atoms with van der Waals surface area (Å²) in [4.78, 5) is 8.77. The standard InChI is InChI=1S/C17H19N3O/c1-2-4-14(5-3-1)21-15-7-11-18-16(20-15)19-13-6-8-17(12-13)9-10-17/h1-5,7,11,13H,6,8-10,12H2,(H,18,19,20). The maximum absolute atomic E-state index is 5.75. The molecule has 1 spiro atoms. The molecule has 0 saturated heterocycles. The topological polar surface area (TPSA) is 47.0 Å². The number of ether oxygens (including phenoxy) is 1. The first-order chi connectivity index (χ1) is 10.3. The number of nitrogens with zero attached hydrogens (tertiary/aromatic N) is 2. The van der Waals surface area contributed by atoms with Crippen LogP contribution in [0.4, 0.5) is 5.95 Å². The molecule has 1 aromatic carbocycles. The number of para-hydroxylation sites is 1. The van der Waals surface area contributed by atoms with E-state index in [9.17, 15) is 0 Å². The van der Waals surface area contributed by atoms with Crippen LogP contribution in [-0.4, -0.2) is 16.0 Å². The monoisotopic (exact) mass is 281 g/mol. The summed E-state index contributed by atoms with van der Waals surface area (Å²) < 4.78 is 5.75. The predicted molar refractivity (Wildman–Crippen MR) is 81.5 cm³/mol. The van der Waals surface area contributed by atoms with Gasteiger partial charge in [-0.15, -0.1) is 0 Å². The highest BCUT2D eigenvalue weighted by Gasteiger charge is 2.48. The molecule has 1 unspecified atom stereocenters. The normalized spacial score (nSPS) is 22.2. The van der Waals surface area contributed by atoms with Crippen LogP contribution in [0.3, 0.4) is 0 Å². The molecule has 2 aliphatic carbocycles. The van der Waals surface area contributed by atoms with Gasteiger partial charge in [-0.2, -0.15) is 4.98 Å². The second-order valence-electron chi connectivity index (χ2n) is 6.22. The number of hydrogen-bond donors (Lipinski definition) is 1. The third-order valence-corrected chi connectivity index (χ3v) is 4.59. The quantitative estimate of drug-likeness (QED) is 0.919. The van der Waals surface area contributed by atoms with Crippen molar-refractivity contribution in [2.24, 2.45) is 5.41 Å². The van der Waals surface area contributed by atoms with Crippen LogP contribution in [0.5, 0.6) is 11.6 Å². The number of aromatic nitrogens is 2. The molecule has 21 heavy (non-hydrogen) atoms. The van der Waals surface area contributed by atoms with Crippen molar-refractivity contribution in [3.8, 4) is 11.6 Å². The van der Waals surface area contributed by atoms with E-state index in [-0.39, 0.29) is 0 Å². The van der Waals surface area contributed by atoms with E-state index < -0.39 is 0 Å². The second kappa shape index (κ2) is 5.02. The maximum Gasteiger partial charge on any atom is 0.226 e. The number of benzene rings is 1. The molecule has 0 aliphatic heterocycles. The Hall–Kier alpha value is -2.10. The average molecular weight is 281 g/mol. The zero-order valence-electron chi connectivity index (χ0n) is 12.0. The Bertz CT molecular complexity index is 625. The lowest BCUT2D eigenvalue weighted by Gasteiger charge is -2.13. The molecule has 2 fully saturated rings. The van der Waals surface area contributed by atoms with Gasteiger partial charge in [0.05, 0.1) is 0 Å². The van der Waals surface area contributed by atoms with Gasteiger partial charge in [-0.1, -0.05) is 18.2 Å². The van der Waals surface area contributed by atoms with Crippen LogP contribution in [0.1, 0.15) is 32.1 Å². The average Bonchev–Trinajstić information content (AvgIpc) is 3.14. The van der Waals surface area contributed by atoms with Gasteiger partial charge in [-0.3, -0.25) is 0 Å². The fraction of sp³-hybridized carbons (Fsp3) is 0.412. The van der Waals surface area contributed by atoms with Crippen LogP contribution < -0.4 is 10.1 Å². The molecule has 4 rings (SSSR count). The van der Waals surface area contributed by atoms with Crippen LogP contribution in [0.2, 0.25) is 0 Å². The van der Waals surface area contributed by atoms with Crippen molar-refractivity contribution < 1.29 is 4.74 Å². The van der Waals surface area contributed by atoms with E-state index in [0.717, 1.165) is 5.75 Å². The third kappa shape index (κ3) is 2.84. The van der Waals surface area contributed by atoms with Gasteiger partial charge in [0.2, 0.25) is 11.8 Å². The molecule has 0 amide bonds. The third-order valence-electron chi connectivity index (χ3n) is 4.59. The highest BCUT2D eigenvalue weighted by atomic mass is 16.5. The fourth-order valence-electron chi connectivity index (χ4n) is 3.22. The van der Waals surface area contributed by atoms with Gasteiger partial charge in [0, 0.05) is 18.3 Å². The van der Waals surface area contributed by atoms with Crippen LogP contribution in [0.25, 0.3) is 0 Å². The van der Waals surface area contributed by atoms with Gasteiger partial charge in [0.15, 0.2) is 0 Å². The number of nitrogens with one attached hydrogen (secondary N) is 1. The van der Waals surface area contributed by atoms with Crippen molar-refractivity contribution in [2.75, 3.05) is 5.32 Å². The minimum atomic E-state index is 0.513. The lowest BCUT2D eigenvalue weighted by molar-refractivity contribution is 0.462. The summed E-state index contributed by atoms with van der Waals surface area (Å²) in [6, 6.07) is 12.0. The van der Waals surface area contributed by atoms with E-state index in [0.29, 0.717) is 23.3 Å². The summed E-state index contributed by atoms with van der Waals surface area (Å²) in [5.41, 5.74) is 0.663. The Morgan fingerprint density at radius 2 is 1.95 bits per heavy atom. The van der Waals surface area contributed by atoms with Crippen LogP contribution >= 0.6 is 0 Å². The summed E-state index contributed by atoms with van der Waals surface area (Å²) in [7, 11) is 0. The first-order valence-electron chi connectivity index (χ1n) is 7.64. The van der Waals surface area contributed by atoms with E-state index in [2.05, 4.69) is 15.3 Å². The summed E-state index contributed by atoms with van der Waals surface area (Å²) in [5.74, 6) is 2.05. The summed E-state index contributed by atoms with van der Waals surface area (Å²) >= 11 is 0. The van der Waals surface area contributed by atoms with E-state index in [1.165, 1.54) is 32.1 Å². The summed E-state index contributed by atoms with van der Waals surface area (Å²) in [6.45, 7) is 0. The number of hydrogen-bond acceptors (Lipinski definition) is 4. The Labute approximate surface area is 124 Å². The second-order valence-corrected chi connectivity index (χ2v) is 6.22. The summed E-state index contributed by atoms with van der Waals surface area (Å²) in [6.07, 6.45) is 8.40. The lowest BCUT2D eigenvalue weighted by Crippen LogP contribution is -2.17. The largest absolute Gasteiger partial charge is 0.439 e. The minimum absolute atomic E-state index is 0.513. The van der Waals surface area contributed by atoms with Crippen molar-refractivity contribution in [1.82, 2.24) is 9.97 Å². The first kappa shape index (κ1) is 12.6. The van der Waals surface area contributed by atoms with Crippen molar-refractivity contribution in [3.05, 3.63) is 42.6 Å². The van der Waals surface area contributed by atoms with Gasteiger partial charge < -0.3 is 10.1 Å². The van der Waals surface area contributed by atoms with Gasteiger partial charge in [-0.05, 0) is 49.7 Å². The molecule has 108 valence electrons. The minimum Gasteiger partial charge on any atom is -0.439 e. The van der Waals surface area contributed by atoms with E-state index in [4.69, 9.17) is 4.74 Å². The van der Waals surface area contributed by atoms with Gasteiger partial charge >= 0.3 is 0 Å². The molecule has 2 saturated carbocycles. The molecule has 1 heterocycles. The molecule has 1 N–H and O–H groups in total. The fourth-order valence-corrected chi connectivity index (χ4v) is 3.22. The number of rotatable bonds is 4. The van der Waals surface area contributed by atoms with Crippen molar-refractivity contribution >= 4 is 5.95 Å². The van der Waals surface area contributed by atoms with Gasteiger partial charge in [0.1, 0.15) is 5.75 Å². The van der Waals surface area contributed by atoms with Crippen LogP contribution in [-0.2, 0) is 0 Å². The maximum atomic E-state index is 5.75. The molecule has 0 radical (unpaired) electrons. The Kier molecular flexibility index (Phi) is 3.02. The molecule has 4 nitrogen and oxygen atoms in total. The Balaban J connectivity index is 1.43. The van der Waals surface area contributed by atoms with E-state index >= 15 is 0 Å². The molecular formula is C17H19N3O. The lowest BCUT2D eigenvalue weighted by atomic mass is 10.1. The highest BCUT2D eigenvalue weighted by molar-refractivity contribution is 5.32. The zero-order chi connectivity index (χ0) is 14.1.